The van der Waals surface area contributed by atoms with E-state index in [-0.39, 0.29) is 23.9 Å². The predicted octanol–water partition coefficient (Wildman–Crippen LogP) is 2.05. The van der Waals surface area contributed by atoms with Crippen molar-refractivity contribution in [1.82, 2.24) is 0 Å². The molecule has 1 N–H and O–H groups in total. The number of hydrogen-bond acceptors (Lipinski definition) is 4. The molecule has 0 aromatic heterocycles. The molecule has 1 heterocycles. The van der Waals surface area contributed by atoms with Crippen molar-refractivity contribution in [3.05, 3.63) is 0 Å². The number of carbonyl (C=O) groups excluding carboxylic acids is 1. The quantitative estimate of drug-likeness (QED) is 0.825. The standard InChI is InChI=1S/C10H16O3S2/c1-6-7(2)15-9(5-14-6)8(11)3-4-10(12)13/h6-7,9H,3-5H2,1-2H3,(H,12,13). The molecular formula is C10H16O3S2. The SMILES string of the molecule is CC1SCC(C(=O)CCC(=O)O)SC1C. The Labute approximate surface area is 98.4 Å². The summed E-state index contributed by atoms with van der Waals surface area (Å²) >= 11 is 3.50. The molecule has 0 aromatic rings. The minimum Gasteiger partial charge on any atom is -0.481 e. The van der Waals surface area contributed by atoms with Crippen LogP contribution in [0.25, 0.3) is 0 Å². The maximum Gasteiger partial charge on any atom is 0.303 e. The summed E-state index contributed by atoms with van der Waals surface area (Å²) in [4.78, 5) is 22.0. The van der Waals surface area contributed by atoms with Crippen LogP contribution < -0.4 is 0 Å². The number of aliphatic carboxylic acids is 1. The Morgan fingerprint density at radius 2 is 1.93 bits per heavy atom. The molecule has 86 valence electrons. The molecule has 0 amide bonds. The number of carboxylic acids is 1. The molecule has 3 nitrogen and oxygen atoms in total. The van der Waals surface area contributed by atoms with Crippen LogP contribution in [0.2, 0.25) is 0 Å². The second-order valence-corrected chi connectivity index (χ2v) is 6.72. The van der Waals surface area contributed by atoms with Gasteiger partial charge in [0.05, 0.1) is 11.7 Å². The van der Waals surface area contributed by atoms with Gasteiger partial charge in [0.2, 0.25) is 0 Å². The van der Waals surface area contributed by atoms with Crippen molar-refractivity contribution in [3.8, 4) is 0 Å². The molecule has 0 saturated carbocycles. The fraction of sp³-hybridized carbons (Fsp3) is 0.800. The lowest BCUT2D eigenvalue weighted by Gasteiger charge is -2.30. The molecule has 1 fully saturated rings. The zero-order valence-corrected chi connectivity index (χ0v) is 10.6. The first-order valence-electron chi connectivity index (χ1n) is 5.02. The second-order valence-electron chi connectivity index (χ2n) is 3.73. The third kappa shape index (κ3) is 4.07. The highest BCUT2D eigenvalue weighted by Crippen LogP contribution is 2.36. The van der Waals surface area contributed by atoms with Crippen LogP contribution in [0.1, 0.15) is 26.7 Å². The van der Waals surface area contributed by atoms with Gasteiger partial charge in [-0.1, -0.05) is 13.8 Å². The zero-order valence-electron chi connectivity index (χ0n) is 8.93. The van der Waals surface area contributed by atoms with Crippen LogP contribution in [-0.2, 0) is 9.59 Å². The van der Waals surface area contributed by atoms with Gasteiger partial charge in [-0.15, -0.1) is 11.8 Å². The van der Waals surface area contributed by atoms with Crippen molar-refractivity contribution >= 4 is 35.3 Å². The lowest BCUT2D eigenvalue weighted by Crippen LogP contribution is -2.31. The van der Waals surface area contributed by atoms with E-state index in [0.29, 0.717) is 10.5 Å². The van der Waals surface area contributed by atoms with Crippen LogP contribution in [0, 0.1) is 0 Å². The summed E-state index contributed by atoms with van der Waals surface area (Å²) in [5, 5.41) is 9.55. The third-order valence-corrected chi connectivity index (χ3v) is 5.93. The molecule has 15 heavy (non-hydrogen) atoms. The smallest absolute Gasteiger partial charge is 0.303 e. The van der Waals surface area contributed by atoms with Gasteiger partial charge in [-0.3, -0.25) is 9.59 Å². The number of Topliss-reactive ketones (excluding diaryl/α,β-unsaturated/α-hetero) is 1. The normalized spacial score (nSPS) is 31.2. The van der Waals surface area contributed by atoms with Gasteiger partial charge in [0.1, 0.15) is 5.78 Å². The van der Waals surface area contributed by atoms with Gasteiger partial charge in [-0.2, -0.15) is 11.8 Å². The van der Waals surface area contributed by atoms with E-state index in [1.54, 1.807) is 11.8 Å². The van der Waals surface area contributed by atoms with Gasteiger partial charge in [0, 0.05) is 22.7 Å². The molecule has 0 bridgehead atoms. The highest BCUT2D eigenvalue weighted by molar-refractivity contribution is 8.08. The van der Waals surface area contributed by atoms with E-state index in [9.17, 15) is 9.59 Å². The fourth-order valence-corrected chi connectivity index (χ4v) is 4.27. The van der Waals surface area contributed by atoms with Crippen LogP contribution in [0.5, 0.6) is 0 Å². The molecule has 1 rings (SSSR count). The number of carboxylic acid groups (broad SMARTS) is 1. The Hall–Kier alpha value is -0.160. The molecule has 3 atom stereocenters. The molecule has 0 radical (unpaired) electrons. The van der Waals surface area contributed by atoms with E-state index in [1.807, 2.05) is 11.8 Å². The summed E-state index contributed by atoms with van der Waals surface area (Å²) in [7, 11) is 0. The van der Waals surface area contributed by atoms with Crippen LogP contribution in [0.15, 0.2) is 0 Å². The Morgan fingerprint density at radius 3 is 2.47 bits per heavy atom. The van der Waals surface area contributed by atoms with Crippen molar-refractivity contribution in [2.75, 3.05) is 5.75 Å². The highest BCUT2D eigenvalue weighted by atomic mass is 32.2. The van der Waals surface area contributed by atoms with Crippen molar-refractivity contribution in [3.63, 3.8) is 0 Å². The summed E-state index contributed by atoms with van der Waals surface area (Å²) in [6, 6.07) is 0. The number of rotatable bonds is 4. The van der Waals surface area contributed by atoms with Crippen LogP contribution >= 0.6 is 23.5 Å². The first kappa shape index (κ1) is 12.9. The van der Waals surface area contributed by atoms with E-state index >= 15 is 0 Å². The van der Waals surface area contributed by atoms with Crippen LogP contribution in [0.4, 0.5) is 0 Å². The minimum absolute atomic E-state index is 0.000509. The molecule has 0 aromatic carbocycles. The van der Waals surface area contributed by atoms with E-state index < -0.39 is 5.97 Å². The van der Waals surface area contributed by atoms with Crippen molar-refractivity contribution < 1.29 is 14.7 Å². The molecule has 0 aliphatic carbocycles. The first-order valence-corrected chi connectivity index (χ1v) is 7.01. The fourth-order valence-electron chi connectivity index (χ4n) is 1.34. The first-order chi connectivity index (χ1) is 7.00. The zero-order chi connectivity index (χ0) is 11.4. The molecule has 1 aliphatic rings. The van der Waals surface area contributed by atoms with Gasteiger partial charge in [0.15, 0.2) is 0 Å². The van der Waals surface area contributed by atoms with Gasteiger partial charge in [-0.05, 0) is 0 Å². The van der Waals surface area contributed by atoms with Crippen LogP contribution in [-0.4, -0.2) is 38.4 Å². The molecular weight excluding hydrogens is 232 g/mol. The number of hydrogen-bond donors (Lipinski definition) is 1. The minimum atomic E-state index is -0.891. The average molecular weight is 248 g/mol. The van der Waals surface area contributed by atoms with Gasteiger partial charge in [-0.25, -0.2) is 0 Å². The molecule has 3 unspecified atom stereocenters. The predicted molar refractivity (Wildman–Crippen MR) is 64.6 cm³/mol. The highest BCUT2D eigenvalue weighted by Gasteiger charge is 2.29. The third-order valence-electron chi connectivity index (χ3n) is 2.49. The molecule has 1 saturated heterocycles. The topological polar surface area (TPSA) is 54.4 Å². The van der Waals surface area contributed by atoms with Crippen molar-refractivity contribution in [2.45, 2.75) is 42.4 Å². The van der Waals surface area contributed by atoms with E-state index in [0.717, 1.165) is 5.75 Å². The summed E-state index contributed by atoms with van der Waals surface area (Å²) in [5.41, 5.74) is 0. The number of carbonyl (C=O) groups is 2. The Bertz CT molecular complexity index is 255. The number of thioether (sulfide) groups is 2. The Balaban J connectivity index is 2.37. The van der Waals surface area contributed by atoms with Gasteiger partial charge >= 0.3 is 5.97 Å². The van der Waals surface area contributed by atoms with E-state index in [2.05, 4.69) is 13.8 Å². The van der Waals surface area contributed by atoms with E-state index in [4.69, 9.17) is 5.11 Å². The second kappa shape index (κ2) is 5.80. The lowest BCUT2D eigenvalue weighted by atomic mass is 10.2. The monoisotopic (exact) mass is 248 g/mol. The molecule has 5 heteroatoms. The summed E-state index contributed by atoms with van der Waals surface area (Å²) in [6.07, 6.45) is 0.138. The van der Waals surface area contributed by atoms with E-state index in [1.165, 1.54) is 0 Å². The van der Waals surface area contributed by atoms with Crippen LogP contribution in [0.3, 0.4) is 0 Å². The van der Waals surface area contributed by atoms with Crippen molar-refractivity contribution in [1.29, 1.82) is 0 Å². The summed E-state index contributed by atoms with van der Waals surface area (Å²) in [5.74, 6) is 0.0288. The van der Waals surface area contributed by atoms with Gasteiger partial charge in [0.25, 0.3) is 0 Å². The summed E-state index contributed by atoms with van der Waals surface area (Å²) < 4.78 is 0. The number of ketones is 1. The Morgan fingerprint density at radius 1 is 1.27 bits per heavy atom. The Kier molecular flexibility index (Phi) is 4.99. The maximum atomic E-state index is 11.7. The van der Waals surface area contributed by atoms with Gasteiger partial charge < -0.3 is 5.11 Å². The average Bonchev–Trinajstić information content (AvgIpc) is 2.18. The molecule has 1 aliphatic heterocycles. The van der Waals surface area contributed by atoms with Crippen molar-refractivity contribution in [2.24, 2.45) is 0 Å². The summed E-state index contributed by atoms with van der Waals surface area (Å²) in [6.45, 7) is 4.29. The maximum absolute atomic E-state index is 11.7. The largest absolute Gasteiger partial charge is 0.481 e. The lowest BCUT2D eigenvalue weighted by molar-refractivity contribution is -0.138. The molecule has 0 spiro atoms.